The smallest absolute Gasteiger partial charge is 0.277 e. The van der Waals surface area contributed by atoms with Gasteiger partial charge in [-0.25, -0.2) is 4.98 Å². The Morgan fingerprint density at radius 1 is 1.39 bits per heavy atom. The fraction of sp³-hybridized carbons (Fsp3) is 0.455. The molecule has 0 bridgehead atoms. The summed E-state index contributed by atoms with van der Waals surface area (Å²) in [6, 6.07) is 0. The molecule has 2 rings (SSSR count). The molecule has 98 valence electrons. The highest BCUT2D eigenvalue weighted by Crippen LogP contribution is 2.38. The Labute approximate surface area is 106 Å². The number of nitrogens with zero attached hydrogens (tertiary/aromatic N) is 2. The van der Waals surface area contributed by atoms with Gasteiger partial charge >= 0.3 is 6.18 Å². The van der Waals surface area contributed by atoms with Crippen LogP contribution >= 0.6 is 11.3 Å². The van der Waals surface area contributed by atoms with Gasteiger partial charge in [0, 0.05) is 11.8 Å². The molecule has 3 nitrogen and oxygen atoms in total. The lowest BCUT2D eigenvalue weighted by molar-refractivity contribution is -0.137. The molecule has 2 aromatic heterocycles. The average Bonchev–Trinajstić information content (AvgIpc) is 2.94. The summed E-state index contributed by atoms with van der Waals surface area (Å²) < 4.78 is 37.5. The van der Waals surface area contributed by atoms with E-state index >= 15 is 0 Å². The molecular weight excluding hydrogens is 263 g/mol. The number of rotatable bonds is 3. The predicted octanol–water partition coefficient (Wildman–Crippen LogP) is 4.07. The van der Waals surface area contributed by atoms with E-state index in [2.05, 4.69) is 15.2 Å². The molecule has 0 aliphatic heterocycles. The molecule has 0 spiro atoms. The second-order valence-corrected chi connectivity index (χ2v) is 5.07. The van der Waals surface area contributed by atoms with Crippen LogP contribution in [0.1, 0.15) is 36.8 Å². The highest BCUT2D eigenvalue weighted by Gasteiger charge is 2.35. The van der Waals surface area contributed by atoms with Crippen LogP contribution in [0.25, 0.3) is 10.6 Å². The van der Waals surface area contributed by atoms with Crippen molar-refractivity contribution in [3.05, 3.63) is 23.0 Å². The van der Waals surface area contributed by atoms with Gasteiger partial charge in [-0.05, 0) is 12.3 Å². The molecule has 0 amide bonds. The molecule has 0 saturated heterocycles. The SMILES string of the molecule is CCC(C)c1cn[nH]c1-c1cnc(C(F)(F)F)s1. The first-order chi connectivity index (χ1) is 8.43. The lowest BCUT2D eigenvalue weighted by atomic mass is 9.99. The molecule has 0 radical (unpaired) electrons. The molecular formula is C11H12F3N3S. The van der Waals surface area contributed by atoms with Crippen molar-refractivity contribution in [2.75, 3.05) is 0 Å². The molecule has 0 aliphatic carbocycles. The lowest BCUT2D eigenvalue weighted by Gasteiger charge is -2.07. The Balaban J connectivity index is 2.38. The zero-order chi connectivity index (χ0) is 13.3. The minimum Gasteiger partial charge on any atom is -0.277 e. The van der Waals surface area contributed by atoms with Gasteiger partial charge in [0.05, 0.1) is 16.8 Å². The van der Waals surface area contributed by atoms with Crippen molar-refractivity contribution in [1.29, 1.82) is 0 Å². The van der Waals surface area contributed by atoms with Crippen LogP contribution in [0.4, 0.5) is 13.2 Å². The van der Waals surface area contributed by atoms with Crippen LogP contribution in [0, 0.1) is 0 Å². The maximum Gasteiger partial charge on any atom is 0.443 e. The van der Waals surface area contributed by atoms with Crippen LogP contribution in [-0.2, 0) is 6.18 Å². The summed E-state index contributed by atoms with van der Waals surface area (Å²) in [5, 5.41) is 5.84. The predicted molar refractivity (Wildman–Crippen MR) is 63.4 cm³/mol. The third-order valence-corrected chi connectivity index (χ3v) is 3.87. The van der Waals surface area contributed by atoms with E-state index in [0.717, 1.165) is 12.0 Å². The van der Waals surface area contributed by atoms with Crippen LogP contribution in [-0.4, -0.2) is 15.2 Å². The average molecular weight is 275 g/mol. The number of hydrogen-bond acceptors (Lipinski definition) is 3. The van der Waals surface area contributed by atoms with Crippen molar-refractivity contribution in [2.24, 2.45) is 0 Å². The van der Waals surface area contributed by atoms with Gasteiger partial charge in [0.15, 0.2) is 5.01 Å². The van der Waals surface area contributed by atoms with Crippen molar-refractivity contribution < 1.29 is 13.2 Å². The Kier molecular flexibility index (Phi) is 3.43. The van der Waals surface area contributed by atoms with Crippen molar-refractivity contribution in [1.82, 2.24) is 15.2 Å². The Morgan fingerprint density at radius 3 is 2.67 bits per heavy atom. The Morgan fingerprint density at radius 2 is 2.11 bits per heavy atom. The van der Waals surface area contributed by atoms with E-state index in [4.69, 9.17) is 0 Å². The molecule has 2 heterocycles. The van der Waals surface area contributed by atoms with Crippen LogP contribution in [0.5, 0.6) is 0 Å². The number of thiazole rings is 1. The summed E-state index contributed by atoms with van der Waals surface area (Å²) in [4.78, 5) is 3.88. The van der Waals surface area contributed by atoms with Gasteiger partial charge in [0.2, 0.25) is 0 Å². The van der Waals surface area contributed by atoms with E-state index in [-0.39, 0.29) is 5.92 Å². The Hall–Kier alpha value is -1.37. The minimum absolute atomic E-state index is 0.246. The Bertz CT molecular complexity index is 530. The standard InChI is InChI=1S/C11H12F3N3S/c1-3-6(2)7-4-16-17-9(7)8-5-15-10(18-8)11(12,13)14/h4-6H,3H2,1-2H3,(H,16,17). The van der Waals surface area contributed by atoms with E-state index in [9.17, 15) is 13.2 Å². The van der Waals surface area contributed by atoms with E-state index in [0.29, 0.717) is 21.9 Å². The normalized spacial score (nSPS) is 13.8. The number of alkyl halides is 3. The summed E-state index contributed by atoms with van der Waals surface area (Å²) in [6.45, 7) is 4.04. The molecule has 1 unspecified atom stereocenters. The highest BCUT2D eigenvalue weighted by molar-refractivity contribution is 7.15. The van der Waals surface area contributed by atoms with Crippen LogP contribution < -0.4 is 0 Å². The van der Waals surface area contributed by atoms with Gasteiger partial charge in [-0.3, -0.25) is 5.10 Å². The monoisotopic (exact) mass is 275 g/mol. The van der Waals surface area contributed by atoms with Gasteiger partial charge in [-0.15, -0.1) is 11.3 Å². The van der Waals surface area contributed by atoms with Crippen molar-refractivity contribution >= 4 is 11.3 Å². The van der Waals surface area contributed by atoms with Gasteiger partial charge in [-0.1, -0.05) is 13.8 Å². The number of hydrogen-bond donors (Lipinski definition) is 1. The minimum atomic E-state index is -4.39. The molecule has 2 aromatic rings. The van der Waals surface area contributed by atoms with Gasteiger partial charge < -0.3 is 0 Å². The molecule has 7 heteroatoms. The summed E-state index contributed by atoms with van der Waals surface area (Å²) in [6.07, 6.45) is -0.583. The first-order valence-electron chi connectivity index (χ1n) is 5.50. The summed E-state index contributed by atoms with van der Waals surface area (Å²) >= 11 is 0.632. The highest BCUT2D eigenvalue weighted by atomic mass is 32.1. The van der Waals surface area contributed by atoms with Crippen molar-refractivity contribution in [2.45, 2.75) is 32.4 Å². The zero-order valence-corrected chi connectivity index (χ0v) is 10.7. The fourth-order valence-corrected chi connectivity index (χ4v) is 2.41. The number of halogens is 3. The fourth-order valence-electron chi connectivity index (χ4n) is 1.61. The molecule has 18 heavy (non-hydrogen) atoms. The lowest BCUT2D eigenvalue weighted by Crippen LogP contribution is -2.02. The third-order valence-electron chi connectivity index (χ3n) is 2.81. The van der Waals surface area contributed by atoms with E-state index < -0.39 is 11.2 Å². The van der Waals surface area contributed by atoms with Crippen molar-refractivity contribution in [3.8, 4) is 10.6 Å². The van der Waals surface area contributed by atoms with E-state index in [1.807, 2.05) is 13.8 Å². The molecule has 0 aromatic carbocycles. The number of nitrogens with one attached hydrogen (secondary N) is 1. The van der Waals surface area contributed by atoms with Crippen molar-refractivity contribution in [3.63, 3.8) is 0 Å². The summed E-state index contributed by atoms with van der Waals surface area (Å²) in [7, 11) is 0. The van der Waals surface area contributed by atoms with Gasteiger partial charge in [-0.2, -0.15) is 18.3 Å². The second kappa shape index (κ2) is 4.72. The maximum atomic E-state index is 12.5. The van der Waals surface area contributed by atoms with E-state index in [1.54, 1.807) is 6.20 Å². The number of aromatic amines is 1. The van der Waals surface area contributed by atoms with Crippen LogP contribution in [0.2, 0.25) is 0 Å². The van der Waals surface area contributed by atoms with Gasteiger partial charge in [0.25, 0.3) is 0 Å². The molecule has 1 atom stereocenters. The molecule has 0 fully saturated rings. The summed E-state index contributed by atoms with van der Waals surface area (Å²) in [5.74, 6) is 0.246. The largest absolute Gasteiger partial charge is 0.443 e. The maximum absolute atomic E-state index is 12.5. The van der Waals surface area contributed by atoms with E-state index in [1.165, 1.54) is 6.20 Å². The molecule has 1 N–H and O–H groups in total. The molecule has 0 aliphatic rings. The van der Waals surface area contributed by atoms with Crippen LogP contribution in [0.3, 0.4) is 0 Å². The quantitative estimate of drug-likeness (QED) is 0.917. The molecule has 0 saturated carbocycles. The third kappa shape index (κ3) is 2.40. The number of aromatic nitrogens is 3. The summed E-state index contributed by atoms with van der Waals surface area (Å²) in [5.41, 5.74) is 1.56. The van der Waals surface area contributed by atoms with Crippen LogP contribution in [0.15, 0.2) is 12.4 Å². The number of H-pyrrole nitrogens is 1. The first-order valence-corrected chi connectivity index (χ1v) is 6.31. The zero-order valence-electron chi connectivity index (χ0n) is 9.88. The van der Waals surface area contributed by atoms with Gasteiger partial charge in [0.1, 0.15) is 0 Å². The topological polar surface area (TPSA) is 41.6 Å². The first kappa shape index (κ1) is 13.1. The second-order valence-electron chi connectivity index (χ2n) is 4.04.